The van der Waals surface area contributed by atoms with Crippen LogP contribution in [-0.4, -0.2) is 28.4 Å². The lowest BCUT2D eigenvalue weighted by Crippen LogP contribution is -2.39. The van der Waals surface area contributed by atoms with E-state index in [1.807, 2.05) is 53.6 Å². The van der Waals surface area contributed by atoms with E-state index in [2.05, 4.69) is 16.8 Å². The van der Waals surface area contributed by atoms with E-state index in [4.69, 9.17) is 0 Å². The summed E-state index contributed by atoms with van der Waals surface area (Å²) in [5.41, 5.74) is 2.11. The smallest absolute Gasteiger partial charge is 0.223 e. The Kier molecular flexibility index (Phi) is 6.23. The van der Waals surface area contributed by atoms with Gasteiger partial charge in [-0.1, -0.05) is 48.9 Å². The maximum Gasteiger partial charge on any atom is 0.223 e. The highest BCUT2D eigenvalue weighted by Crippen LogP contribution is 2.24. The number of benzene rings is 1. The molecule has 1 amide bonds. The first kappa shape index (κ1) is 17.2. The van der Waals surface area contributed by atoms with E-state index in [0.29, 0.717) is 19.0 Å². The van der Waals surface area contributed by atoms with E-state index in [0.717, 1.165) is 30.4 Å². The summed E-state index contributed by atoms with van der Waals surface area (Å²) in [7, 11) is 0. The predicted octanol–water partition coefficient (Wildman–Crippen LogP) is 3.84. The number of hydrogen-bond acceptors (Lipinski definition) is 2. The number of aromatic nitrogens is 1. The van der Waals surface area contributed by atoms with Crippen molar-refractivity contribution in [2.75, 3.05) is 6.54 Å². The molecule has 1 fully saturated rings. The zero-order chi connectivity index (χ0) is 17.3. The van der Waals surface area contributed by atoms with E-state index in [1.165, 1.54) is 12.8 Å². The average molecular weight is 332 g/mol. The van der Waals surface area contributed by atoms with Gasteiger partial charge in [0.1, 0.15) is 0 Å². The quantitative estimate of drug-likeness (QED) is 0.780. The number of carbonyl (C=O) groups excluding carboxylic acids is 1. The highest BCUT2D eigenvalue weighted by Gasteiger charge is 2.25. The first-order valence-electron chi connectivity index (χ1n) is 9.05. The van der Waals surface area contributed by atoms with Gasteiger partial charge in [-0.25, -0.2) is 0 Å². The number of pyridine rings is 1. The number of carbonyl (C=O) groups is 1. The van der Waals surface area contributed by atoms with Crippen molar-refractivity contribution in [2.45, 2.75) is 44.6 Å². The molecule has 2 aromatic rings. The second kappa shape index (κ2) is 9.03. The highest BCUT2D eigenvalue weighted by atomic mass is 16.2. The molecule has 0 bridgehead atoms. The van der Waals surface area contributed by atoms with Crippen molar-refractivity contribution in [1.82, 2.24) is 9.88 Å². The summed E-state index contributed by atoms with van der Waals surface area (Å²) in [4.78, 5) is 18.9. The Balaban J connectivity index is 1.62. The van der Waals surface area contributed by atoms with Gasteiger partial charge in [-0.3, -0.25) is 9.78 Å². The minimum absolute atomic E-state index is 0.207. The molecule has 0 saturated heterocycles. The van der Waals surface area contributed by atoms with Crippen LogP contribution < -0.4 is 0 Å². The van der Waals surface area contributed by atoms with Crippen molar-refractivity contribution in [3.05, 3.63) is 66.0 Å². The Morgan fingerprint density at radius 3 is 2.64 bits per heavy atom. The molecule has 0 atom stereocenters. The van der Waals surface area contributed by atoms with Gasteiger partial charge in [0.05, 0.1) is 6.54 Å². The molecular weight excluding hydrogens is 308 g/mol. The molecule has 1 heterocycles. The lowest BCUT2D eigenvalue weighted by Gasteiger charge is -2.27. The van der Waals surface area contributed by atoms with Gasteiger partial charge in [0.15, 0.2) is 0 Å². The molecule has 1 aliphatic rings. The summed E-state index contributed by atoms with van der Waals surface area (Å²) in [6, 6.07) is 14.2. The molecule has 0 spiro atoms. The minimum atomic E-state index is 0.207. The molecular formula is C22H24N2O. The Bertz CT molecular complexity index is 725. The fourth-order valence-electron chi connectivity index (χ4n) is 3.33. The third-order valence-electron chi connectivity index (χ3n) is 4.69. The lowest BCUT2D eigenvalue weighted by atomic mass is 10.1. The van der Waals surface area contributed by atoms with Crippen LogP contribution in [0.3, 0.4) is 0 Å². The molecule has 0 aliphatic heterocycles. The minimum Gasteiger partial charge on any atom is -0.329 e. The molecule has 1 aromatic heterocycles. The summed E-state index contributed by atoms with van der Waals surface area (Å²) in [5.74, 6) is 6.58. The van der Waals surface area contributed by atoms with E-state index < -0.39 is 0 Å². The van der Waals surface area contributed by atoms with E-state index in [-0.39, 0.29) is 5.91 Å². The molecule has 0 radical (unpaired) electrons. The third-order valence-corrected chi connectivity index (χ3v) is 4.69. The van der Waals surface area contributed by atoms with Gasteiger partial charge < -0.3 is 4.90 Å². The number of aryl methyl sites for hydroxylation is 1. The van der Waals surface area contributed by atoms with E-state index in [1.54, 1.807) is 6.20 Å². The second-order valence-electron chi connectivity index (χ2n) is 6.49. The monoisotopic (exact) mass is 332 g/mol. The van der Waals surface area contributed by atoms with Crippen LogP contribution in [0.25, 0.3) is 0 Å². The molecule has 0 N–H and O–H groups in total. The SMILES string of the molecule is O=C(CCc1cccnc1)N(CC#Cc1ccccc1)C1CCCC1. The number of hydrogen-bond donors (Lipinski definition) is 0. The Morgan fingerprint density at radius 1 is 1.12 bits per heavy atom. The predicted molar refractivity (Wildman–Crippen MR) is 99.8 cm³/mol. The highest BCUT2D eigenvalue weighted by molar-refractivity contribution is 5.77. The molecule has 25 heavy (non-hydrogen) atoms. The van der Waals surface area contributed by atoms with Gasteiger partial charge in [0, 0.05) is 30.4 Å². The Hall–Kier alpha value is -2.60. The van der Waals surface area contributed by atoms with Gasteiger partial charge in [0.25, 0.3) is 0 Å². The fourth-order valence-corrected chi connectivity index (χ4v) is 3.33. The number of nitrogens with zero attached hydrogens (tertiary/aromatic N) is 2. The van der Waals surface area contributed by atoms with Gasteiger partial charge in [-0.2, -0.15) is 0 Å². The third kappa shape index (κ3) is 5.19. The molecule has 1 aliphatic carbocycles. The summed E-state index contributed by atoms with van der Waals surface area (Å²) in [6.45, 7) is 0.519. The molecule has 0 unspecified atom stereocenters. The summed E-state index contributed by atoms with van der Waals surface area (Å²) in [6.07, 6.45) is 9.48. The molecule has 128 valence electrons. The van der Waals surface area contributed by atoms with Gasteiger partial charge in [-0.05, 0) is 43.0 Å². The van der Waals surface area contributed by atoms with Crippen LogP contribution in [0.5, 0.6) is 0 Å². The van der Waals surface area contributed by atoms with Crippen molar-refractivity contribution in [1.29, 1.82) is 0 Å². The van der Waals surface area contributed by atoms with Crippen LogP contribution in [0, 0.1) is 11.8 Å². The van der Waals surface area contributed by atoms with E-state index >= 15 is 0 Å². The topological polar surface area (TPSA) is 33.2 Å². The summed E-state index contributed by atoms with van der Waals surface area (Å²) in [5, 5.41) is 0. The summed E-state index contributed by atoms with van der Waals surface area (Å²) < 4.78 is 0. The largest absolute Gasteiger partial charge is 0.329 e. The maximum atomic E-state index is 12.8. The molecule has 1 aromatic carbocycles. The van der Waals surface area contributed by atoms with Gasteiger partial charge in [-0.15, -0.1) is 0 Å². The maximum absolute atomic E-state index is 12.8. The van der Waals surface area contributed by atoms with Crippen molar-refractivity contribution in [2.24, 2.45) is 0 Å². The Morgan fingerprint density at radius 2 is 1.92 bits per heavy atom. The molecule has 1 saturated carbocycles. The standard InChI is InChI=1S/C22H24N2O/c25-22(15-14-20-10-6-16-23-18-20)24(21-12-4-5-13-21)17-7-11-19-8-2-1-3-9-19/h1-3,6,8-10,16,18,21H,4-5,12-15,17H2. The first-order valence-corrected chi connectivity index (χ1v) is 9.05. The zero-order valence-corrected chi connectivity index (χ0v) is 14.5. The van der Waals surface area contributed by atoms with Crippen molar-refractivity contribution in [3.8, 4) is 11.8 Å². The van der Waals surface area contributed by atoms with Crippen LogP contribution in [0.2, 0.25) is 0 Å². The Labute approximate surface area is 150 Å². The van der Waals surface area contributed by atoms with Gasteiger partial charge in [0.2, 0.25) is 5.91 Å². The fraction of sp³-hybridized carbons (Fsp3) is 0.364. The van der Waals surface area contributed by atoms with Crippen molar-refractivity contribution in [3.63, 3.8) is 0 Å². The van der Waals surface area contributed by atoms with Crippen LogP contribution in [0.15, 0.2) is 54.9 Å². The van der Waals surface area contributed by atoms with Crippen LogP contribution in [-0.2, 0) is 11.2 Å². The first-order chi connectivity index (χ1) is 12.3. The molecule has 3 rings (SSSR count). The van der Waals surface area contributed by atoms with Gasteiger partial charge >= 0.3 is 0 Å². The zero-order valence-electron chi connectivity index (χ0n) is 14.5. The van der Waals surface area contributed by atoms with Crippen LogP contribution in [0.4, 0.5) is 0 Å². The normalized spacial score (nSPS) is 13.9. The van der Waals surface area contributed by atoms with Crippen molar-refractivity contribution < 1.29 is 4.79 Å². The second-order valence-corrected chi connectivity index (χ2v) is 6.49. The average Bonchev–Trinajstić information content (AvgIpc) is 3.19. The summed E-state index contributed by atoms with van der Waals surface area (Å²) >= 11 is 0. The molecule has 3 heteroatoms. The number of amides is 1. The van der Waals surface area contributed by atoms with Crippen LogP contribution >= 0.6 is 0 Å². The lowest BCUT2D eigenvalue weighted by molar-refractivity contribution is -0.132. The van der Waals surface area contributed by atoms with Crippen molar-refractivity contribution >= 4 is 5.91 Å². The number of rotatable bonds is 5. The molecule has 3 nitrogen and oxygen atoms in total. The van der Waals surface area contributed by atoms with Crippen LogP contribution in [0.1, 0.15) is 43.2 Å². The van der Waals surface area contributed by atoms with E-state index in [9.17, 15) is 4.79 Å².